The van der Waals surface area contributed by atoms with Crippen molar-refractivity contribution >= 4 is 5.78 Å². The first-order valence-electron chi connectivity index (χ1n) is 7.30. The Labute approximate surface area is 126 Å². The van der Waals surface area contributed by atoms with Gasteiger partial charge in [-0.3, -0.25) is 4.79 Å². The van der Waals surface area contributed by atoms with E-state index in [0.29, 0.717) is 11.5 Å². The van der Waals surface area contributed by atoms with Crippen molar-refractivity contribution in [2.75, 3.05) is 6.61 Å². The summed E-state index contributed by atoms with van der Waals surface area (Å²) >= 11 is 0. The zero-order valence-corrected chi connectivity index (χ0v) is 13.1. The van der Waals surface area contributed by atoms with E-state index in [0.717, 1.165) is 16.9 Å². The molecule has 0 bridgehead atoms. The second-order valence-corrected chi connectivity index (χ2v) is 5.76. The number of hydrogen-bond acceptors (Lipinski definition) is 2. The van der Waals surface area contributed by atoms with Crippen LogP contribution in [0.25, 0.3) is 0 Å². The van der Waals surface area contributed by atoms with Crippen LogP contribution in [-0.4, -0.2) is 12.4 Å². The predicted molar refractivity (Wildman–Crippen MR) is 86.3 cm³/mol. The summed E-state index contributed by atoms with van der Waals surface area (Å²) in [4.78, 5) is 12.2. The van der Waals surface area contributed by atoms with Crippen LogP contribution in [0.15, 0.2) is 42.5 Å². The monoisotopic (exact) mass is 282 g/mol. The van der Waals surface area contributed by atoms with E-state index in [9.17, 15) is 4.79 Å². The minimum Gasteiger partial charge on any atom is -0.485 e. The highest BCUT2D eigenvalue weighted by molar-refractivity contribution is 5.97. The van der Waals surface area contributed by atoms with Crippen LogP contribution in [0.5, 0.6) is 5.75 Å². The Morgan fingerprint density at radius 1 is 1.10 bits per heavy atom. The number of benzene rings is 2. The summed E-state index contributed by atoms with van der Waals surface area (Å²) in [6.07, 6.45) is 0. The zero-order chi connectivity index (χ0) is 15.4. The smallest absolute Gasteiger partial charge is 0.200 e. The third kappa shape index (κ3) is 3.94. The molecule has 0 spiro atoms. The molecule has 2 heteroatoms. The summed E-state index contributed by atoms with van der Waals surface area (Å²) in [5.41, 5.74) is 4.06. The Bertz CT molecular complexity index is 642. The molecule has 21 heavy (non-hydrogen) atoms. The predicted octanol–water partition coefficient (Wildman–Crippen LogP) is 4.69. The lowest BCUT2D eigenvalue weighted by Gasteiger charge is -2.12. The van der Waals surface area contributed by atoms with Crippen molar-refractivity contribution in [1.82, 2.24) is 0 Å². The van der Waals surface area contributed by atoms with Crippen molar-refractivity contribution in [3.63, 3.8) is 0 Å². The van der Waals surface area contributed by atoms with E-state index in [1.54, 1.807) is 0 Å². The lowest BCUT2D eigenvalue weighted by Crippen LogP contribution is -2.12. The molecule has 2 nitrogen and oxygen atoms in total. The molecule has 0 fully saturated rings. The number of carbonyl (C=O) groups is 1. The number of aryl methyl sites for hydroxylation is 2. The number of ketones is 1. The maximum atomic E-state index is 12.2. The van der Waals surface area contributed by atoms with Gasteiger partial charge in [-0.1, -0.05) is 49.7 Å². The first-order chi connectivity index (χ1) is 9.97. The molecule has 0 saturated heterocycles. The van der Waals surface area contributed by atoms with Crippen LogP contribution in [0, 0.1) is 13.8 Å². The average Bonchev–Trinajstić information content (AvgIpc) is 2.45. The molecular weight excluding hydrogens is 260 g/mol. The van der Waals surface area contributed by atoms with Gasteiger partial charge in [-0.2, -0.15) is 0 Å². The second-order valence-electron chi connectivity index (χ2n) is 5.76. The molecule has 0 aliphatic rings. The van der Waals surface area contributed by atoms with Crippen LogP contribution in [0.2, 0.25) is 0 Å². The molecule has 0 amide bonds. The third-order valence-corrected chi connectivity index (χ3v) is 3.58. The standard InChI is InChI=1S/C19H22O2/c1-13(2)16-9-8-15(4)19(11-16)21-12-18(20)17-7-5-6-14(3)10-17/h5-11,13H,12H2,1-4H3. The van der Waals surface area contributed by atoms with Crippen LogP contribution in [-0.2, 0) is 0 Å². The van der Waals surface area contributed by atoms with E-state index in [4.69, 9.17) is 4.74 Å². The van der Waals surface area contributed by atoms with Crippen LogP contribution < -0.4 is 4.74 Å². The van der Waals surface area contributed by atoms with Gasteiger partial charge in [-0.05, 0) is 43.0 Å². The van der Waals surface area contributed by atoms with Crippen molar-refractivity contribution < 1.29 is 9.53 Å². The van der Waals surface area contributed by atoms with Crippen LogP contribution >= 0.6 is 0 Å². The minimum absolute atomic E-state index is 0.00745. The molecule has 0 unspecified atom stereocenters. The van der Waals surface area contributed by atoms with Crippen molar-refractivity contribution in [3.8, 4) is 5.75 Å². The fourth-order valence-electron chi connectivity index (χ4n) is 2.18. The van der Waals surface area contributed by atoms with E-state index >= 15 is 0 Å². The molecule has 0 aromatic heterocycles. The van der Waals surface area contributed by atoms with Crippen molar-refractivity contribution in [3.05, 3.63) is 64.7 Å². The molecule has 0 aliphatic heterocycles. The number of rotatable bonds is 5. The molecule has 0 radical (unpaired) electrons. The quantitative estimate of drug-likeness (QED) is 0.744. The van der Waals surface area contributed by atoms with Gasteiger partial charge in [0.05, 0.1) is 0 Å². The lowest BCUT2D eigenvalue weighted by molar-refractivity contribution is 0.0921. The fraction of sp³-hybridized carbons (Fsp3) is 0.316. The van der Waals surface area contributed by atoms with Gasteiger partial charge in [0.15, 0.2) is 12.4 Å². The van der Waals surface area contributed by atoms with Crippen LogP contribution in [0.1, 0.15) is 46.8 Å². The molecule has 110 valence electrons. The summed E-state index contributed by atoms with van der Waals surface area (Å²) in [6.45, 7) is 8.34. The Morgan fingerprint density at radius 2 is 1.86 bits per heavy atom. The first-order valence-corrected chi connectivity index (χ1v) is 7.30. The Morgan fingerprint density at radius 3 is 2.52 bits per heavy atom. The first kappa shape index (κ1) is 15.3. The fourth-order valence-corrected chi connectivity index (χ4v) is 2.18. The molecule has 2 aromatic carbocycles. The highest BCUT2D eigenvalue weighted by Gasteiger charge is 2.09. The molecule has 2 aromatic rings. The highest BCUT2D eigenvalue weighted by Crippen LogP contribution is 2.24. The summed E-state index contributed by atoms with van der Waals surface area (Å²) in [5.74, 6) is 1.25. The van der Waals surface area contributed by atoms with E-state index < -0.39 is 0 Å². The molecule has 0 heterocycles. The third-order valence-electron chi connectivity index (χ3n) is 3.58. The molecule has 0 aliphatic carbocycles. The van der Waals surface area contributed by atoms with Crippen molar-refractivity contribution in [2.45, 2.75) is 33.6 Å². The summed E-state index contributed by atoms with van der Waals surface area (Å²) in [5, 5.41) is 0. The summed E-state index contributed by atoms with van der Waals surface area (Å²) in [6, 6.07) is 13.8. The van der Waals surface area contributed by atoms with Crippen molar-refractivity contribution in [2.24, 2.45) is 0 Å². The molecule has 0 saturated carbocycles. The van der Waals surface area contributed by atoms with Crippen LogP contribution in [0.3, 0.4) is 0 Å². The minimum atomic E-state index is 0.00745. The number of ether oxygens (including phenoxy) is 1. The maximum Gasteiger partial charge on any atom is 0.200 e. The van der Waals surface area contributed by atoms with Gasteiger partial charge >= 0.3 is 0 Å². The van der Waals surface area contributed by atoms with Gasteiger partial charge in [0.2, 0.25) is 0 Å². The summed E-state index contributed by atoms with van der Waals surface area (Å²) in [7, 11) is 0. The maximum absolute atomic E-state index is 12.2. The van der Waals surface area contributed by atoms with E-state index in [2.05, 4.69) is 19.9 Å². The number of hydrogen-bond donors (Lipinski definition) is 0. The lowest BCUT2D eigenvalue weighted by atomic mass is 10.0. The normalized spacial score (nSPS) is 10.7. The molecule has 0 N–H and O–H groups in total. The highest BCUT2D eigenvalue weighted by atomic mass is 16.5. The Balaban J connectivity index is 2.09. The van der Waals surface area contributed by atoms with E-state index in [1.807, 2.05) is 50.2 Å². The number of carbonyl (C=O) groups excluding carboxylic acids is 1. The summed E-state index contributed by atoms with van der Waals surface area (Å²) < 4.78 is 5.73. The molecular formula is C19H22O2. The Hall–Kier alpha value is -2.09. The van der Waals surface area contributed by atoms with E-state index in [-0.39, 0.29) is 12.4 Å². The average molecular weight is 282 g/mol. The van der Waals surface area contributed by atoms with Gasteiger partial charge in [0.1, 0.15) is 5.75 Å². The number of Topliss-reactive ketones (excluding diaryl/α,β-unsaturated/α-hetero) is 1. The SMILES string of the molecule is Cc1cccc(C(=O)COc2cc(C(C)C)ccc2C)c1. The van der Waals surface area contributed by atoms with E-state index in [1.165, 1.54) is 5.56 Å². The van der Waals surface area contributed by atoms with Crippen LogP contribution in [0.4, 0.5) is 0 Å². The topological polar surface area (TPSA) is 26.3 Å². The van der Waals surface area contributed by atoms with Gasteiger partial charge in [0.25, 0.3) is 0 Å². The second kappa shape index (κ2) is 6.57. The molecule has 2 rings (SSSR count). The Kier molecular flexibility index (Phi) is 4.79. The zero-order valence-electron chi connectivity index (χ0n) is 13.1. The van der Waals surface area contributed by atoms with Gasteiger partial charge in [0, 0.05) is 5.56 Å². The van der Waals surface area contributed by atoms with Crippen molar-refractivity contribution in [1.29, 1.82) is 0 Å². The van der Waals surface area contributed by atoms with Gasteiger partial charge < -0.3 is 4.74 Å². The van der Waals surface area contributed by atoms with Gasteiger partial charge in [-0.25, -0.2) is 0 Å². The largest absolute Gasteiger partial charge is 0.485 e. The molecule has 0 atom stereocenters. The van der Waals surface area contributed by atoms with Gasteiger partial charge in [-0.15, -0.1) is 0 Å².